The molecule has 0 saturated carbocycles. The first kappa shape index (κ1) is 13.7. The lowest BCUT2D eigenvalue weighted by atomic mass is 10.2. The topological polar surface area (TPSA) is 29.3 Å². The van der Waals surface area contributed by atoms with Crippen molar-refractivity contribution in [1.82, 2.24) is 4.90 Å². The zero-order chi connectivity index (χ0) is 11.2. The monoisotopic (exact) mass is 212 g/mol. The Morgan fingerprint density at radius 2 is 1.93 bits per heavy atom. The zero-order valence-corrected chi connectivity index (χ0v) is 8.77. The number of alkyl halides is 3. The van der Waals surface area contributed by atoms with Gasteiger partial charge in [-0.1, -0.05) is 6.92 Å². The van der Waals surface area contributed by atoms with Crippen LogP contribution in [0.3, 0.4) is 0 Å². The highest BCUT2D eigenvalue weighted by molar-refractivity contribution is 4.63. The first-order valence-electron chi connectivity index (χ1n) is 4.90. The van der Waals surface area contributed by atoms with Gasteiger partial charge in [0.1, 0.15) is 0 Å². The van der Waals surface area contributed by atoms with Crippen LogP contribution in [0.4, 0.5) is 13.2 Å². The summed E-state index contributed by atoms with van der Waals surface area (Å²) in [7, 11) is 0. The van der Waals surface area contributed by atoms with Crippen molar-refractivity contribution in [3.8, 4) is 0 Å². The summed E-state index contributed by atoms with van der Waals surface area (Å²) in [6.07, 6.45) is -2.60. The first-order valence-corrected chi connectivity index (χ1v) is 4.90. The third-order valence-corrected chi connectivity index (χ3v) is 1.98. The number of rotatable bonds is 6. The Balaban J connectivity index is 3.69. The lowest BCUT2D eigenvalue weighted by Crippen LogP contribution is -2.35. The predicted molar refractivity (Wildman–Crippen MR) is 51.1 cm³/mol. The van der Waals surface area contributed by atoms with Gasteiger partial charge in [0.25, 0.3) is 0 Å². The van der Waals surface area contributed by atoms with E-state index in [1.807, 2.05) is 6.92 Å². The molecule has 0 aromatic carbocycles. The van der Waals surface area contributed by atoms with E-state index in [9.17, 15) is 13.2 Å². The summed E-state index contributed by atoms with van der Waals surface area (Å²) in [6, 6.07) is 0.0691. The third-order valence-electron chi connectivity index (χ3n) is 1.98. The summed E-state index contributed by atoms with van der Waals surface area (Å²) in [4.78, 5) is 1.39. The Hall–Kier alpha value is -0.290. The highest BCUT2D eigenvalue weighted by atomic mass is 19.4. The SMILES string of the molecule is CCN(CCCC(C)N)CC(F)(F)F. The van der Waals surface area contributed by atoms with Gasteiger partial charge in [0.05, 0.1) is 6.54 Å². The van der Waals surface area contributed by atoms with E-state index in [-0.39, 0.29) is 6.04 Å². The van der Waals surface area contributed by atoms with Gasteiger partial charge >= 0.3 is 6.18 Å². The Bertz CT molecular complexity index is 145. The minimum atomic E-state index is -4.09. The van der Waals surface area contributed by atoms with Gasteiger partial charge in [-0.05, 0) is 32.9 Å². The van der Waals surface area contributed by atoms with Gasteiger partial charge < -0.3 is 5.73 Å². The van der Waals surface area contributed by atoms with E-state index in [0.717, 1.165) is 12.8 Å². The van der Waals surface area contributed by atoms with Crippen LogP contribution in [0.1, 0.15) is 26.7 Å². The van der Waals surface area contributed by atoms with Crippen molar-refractivity contribution >= 4 is 0 Å². The van der Waals surface area contributed by atoms with Crippen molar-refractivity contribution in [1.29, 1.82) is 0 Å². The molecule has 0 radical (unpaired) electrons. The maximum atomic E-state index is 12.0. The minimum Gasteiger partial charge on any atom is -0.328 e. The Labute approximate surface area is 83.3 Å². The van der Waals surface area contributed by atoms with Crippen molar-refractivity contribution < 1.29 is 13.2 Å². The molecule has 0 saturated heterocycles. The Morgan fingerprint density at radius 3 is 2.29 bits per heavy atom. The molecule has 86 valence electrons. The molecule has 0 heterocycles. The highest BCUT2D eigenvalue weighted by Gasteiger charge is 2.29. The van der Waals surface area contributed by atoms with Crippen LogP contribution >= 0.6 is 0 Å². The summed E-state index contributed by atoms with van der Waals surface area (Å²) in [5, 5.41) is 0. The number of nitrogens with zero attached hydrogens (tertiary/aromatic N) is 1. The molecule has 14 heavy (non-hydrogen) atoms. The fourth-order valence-electron chi connectivity index (χ4n) is 1.24. The van der Waals surface area contributed by atoms with Crippen LogP contribution < -0.4 is 5.73 Å². The second kappa shape index (κ2) is 6.24. The number of hydrogen-bond donors (Lipinski definition) is 1. The molecule has 0 aliphatic heterocycles. The summed E-state index contributed by atoms with van der Waals surface area (Å²) in [6.45, 7) is 3.68. The van der Waals surface area contributed by atoms with Crippen molar-refractivity contribution in [2.75, 3.05) is 19.6 Å². The Morgan fingerprint density at radius 1 is 1.36 bits per heavy atom. The molecule has 2 nitrogen and oxygen atoms in total. The van der Waals surface area contributed by atoms with Crippen LogP contribution in [0.5, 0.6) is 0 Å². The lowest BCUT2D eigenvalue weighted by Gasteiger charge is -2.22. The molecule has 0 spiro atoms. The molecular weight excluding hydrogens is 193 g/mol. The molecule has 0 fully saturated rings. The fourth-order valence-corrected chi connectivity index (χ4v) is 1.24. The van der Waals surface area contributed by atoms with Gasteiger partial charge in [-0.3, -0.25) is 4.90 Å². The van der Waals surface area contributed by atoms with E-state index in [2.05, 4.69) is 0 Å². The molecule has 1 unspecified atom stereocenters. The maximum absolute atomic E-state index is 12.0. The van der Waals surface area contributed by atoms with Gasteiger partial charge in [0.15, 0.2) is 0 Å². The van der Waals surface area contributed by atoms with Crippen molar-refractivity contribution in [3.63, 3.8) is 0 Å². The van der Waals surface area contributed by atoms with Gasteiger partial charge in [0.2, 0.25) is 0 Å². The van der Waals surface area contributed by atoms with Gasteiger partial charge in [0, 0.05) is 6.04 Å². The molecule has 0 rings (SSSR count). The van der Waals surface area contributed by atoms with E-state index in [4.69, 9.17) is 5.73 Å². The Kier molecular flexibility index (Phi) is 6.11. The molecule has 1 atom stereocenters. The van der Waals surface area contributed by atoms with Gasteiger partial charge in [-0.15, -0.1) is 0 Å². The molecule has 0 aliphatic rings. The van der Waals surface area contributed by atoms with E-state index in [0.29, 0.717) is 13.1 Å². The number of halogens is 3. The lowest BCUT2D eigenvalue weighted by molar-refractivity contribution is -0.145. The quantitative estimate of drug-likeness (QED) is 0.729. The largest absolute Gasteiger partial charge is 0.401 e. The van der Waals surface area contributed by atoms with Gasteiger partial charge in [-0.25, -0.2) is 0 Å². The molecule has 2 N–H and O–H groups in total. The second-order valence-electron chi connectivity index (χ2n) is 3.60. The molecule has 0 amide bonds. The van der Waals surface area contributed by atoms with E-state index in [1.54, 1.807) is 6.92 Å². The van der Waals surface area contributed by atoms with Crippen molar-refractivity contribution in [2.45, 2.75) is 38.9 Å². The minimum absolute atomic E-state index is 0.0691. The smallest absolute Gasteiger partial charge is 0.328 e. The normalized spacial score (nSPS) is 14.8. The zero-order valence-electron chi connectivity index (χ0n) is 8.77. The van der Waals surface area contributed by atoms with Crippen LogP contribution in [0, 0.1) is 0 Å². The maximum Gasteiger partial charge on any atom is 0.401 e. The van der Waals surface area contributed by atoms with Crippen molar-refractivity contribution in [3.05, 3.63) is 0 Å². The average Bonchev–Trinajstić information content (AvgIpc) is 1.99. The molecule has 0 aromatic heterocycles. The van der Waals surface area contributed by atoms with E-state index < -0.39 is 12.7 Å². The standard InChI is InChI=1S/C9H19F3N2/c1-3-14(7-9(10,11)12)6-4-5-8(2)13/h8H,3-7,13H2,1-2H3. The highest BCUT2D eigenvalue weighted by Crippen LogP contribution is 2.16. The van der Waals surface area contributed by atoms with E-state index >= 15 is 0 Å². The van der Waals surface area contributed by atoms with Gasteiger partial charge in [-0.2, -0.15) is 13.2 Å². The number of nitrogens with two attached hydrogens (primary N) is 1. The van der Waals surface area contributed by atoms with Crippen LogP contribution in [-0.4, -0.2) is 36.8 Å². The van der Waals surface area contributed by atoms with Crippen LogP contribution in [0.15, 0.2) is 0 Å². The number of hydrogen-bond acceptors (Lipinski definition) is 2. The summed E-state index contributed by atoms with van der Waals surface area (Å²) in [5.74, 6) is 0. The average molecular weight is 212 g/mol. The second-order valence-corrected chi connectivity index (χ2v) is 3.60. The summed E-state index contributed by atoms with van der Waals surface area (Å²) >= 11 is 0. The van der Waals surface area contributed by atoms with Crippen LogP contribution in [-0.2, 0) is 0 Å². The predicted octanol–water partition coefficient (Wildman–Crippen LogP) is 2.00. The van der Waals surface area contributed by atoms with Crippen LogP contribution in [0.2, 0.25) is 0 Å². The third kappa shape index (κ3) is 8.31. The molecule has 0 aromatic rings. The van der Waals surface area contributed by atoms with Crippen molar-refractivity contribution in [2.24, 2.45) is 5.73 Å². The molecule has 0 bridgehead atoms. The molecule has 0 aliphatic carbocycles. The summed E-state index contributed by atoms with van der Waals surface area (Å²) in [5.41, 5.74) is 5.51. The van der Waals surface area contributed by atoms with E-state index in [1.165, 1.54) is 4.90 Å². The first-order chi connectivity index (χ1) is 6.35. The van der Waals surface area contributed by atoms with Crippen LogP contribution in [0.25, 0.3) is 0 Å². The summed E-state index contributed by atoms with van der Waals surface area (Å²) < 4.78 is 36.0. The molecular formula is C9H19F3N2. The molecule has 5 heteroatoms. The fraction of sp³-hybridized carbons (Fsp3) is 1.00.